The van der Waals surface area contributed by atoms with Crippen LogP contribution in [-0.4, -0.2) is 43.5 Å². The first kappa shape index (κ1) is 22.0. The molecule has 1 atom stereocenters. The summed E-state index contributed by atoms with van der Waals surface area (Å²) >= 11 is 0. The third kappa shape index (κ3) is 3.33. The van der Waals surface area contributed by atoms with Crippen molar-refractivity contribution in [3.05, 3.63) is 55.4 Å². The fourth-order valence-electron chi connectivity index (χ4n) is 3.87. The Labute approximate surface area is 178 Å². The van der Waals surface area contributed by atoms with E-state index in [9.17, 15) is 14.4 Å². The average molecular weight is 431 g/mol. The minimum absolute atomic E-state index is 0.227. The number of methoxy groups -OCH3 is 4. The van der Waals surface area contributed by atoms with Crippen LogP contribution >= 0.6 is 0 Å². The van der Waals surface area contributed by atoms with Crippen molar-refractivity contribution in [3.63, 3.8) is 0 Å². The van der Waals surface area contributed by atoms with Gasteiger partial charge in [-0.2, -0.15) is 0 Å². The van der Waals surface area contributed by atoms with E-state index in [0.29, 0.717) is 34.3 Å². The Morgan fingerprint density at radius 1 is 0.968 bits per heavy atom. The van der Waals surface area contributed by atoms with Gasteiger partial charge >= 0.3 is 11.7 Å². The van der Waals surface area contributed by atoms with Crippen molar-refractivity contribution in [1.29, 1.82) is 0 Å². The minimum atomic E-state index is -0.845. The summed E-state index contributed by atoms with van der Waals surface area (Å²) in [6.07, 6.45) is 0. The summed E-state index contributed by atoms with van der Waals surface area (Å²) in [6.45, 7) is 1.68. The highest BCUT2D eigenvalue weighted by Gasteiger charge is 2.38. The van der Waals surface area contributed by atoms with E-state index >= 15 is 0 Å². The van der Waals surface area contributed by atoms with Gasteiger partial charge in [0.2, 0.25) is 5.75 Å². The Kier molecular flexibility index (Phi) is 5.83. The summed E-state index contributed by atoms with van der Waals surface area (Å²) < 4.78 is 23.6. The van der Waals surface area contributed by atoms with Gasteiger partial charge in [0, 0.05) is 19.8 Å². The smallest absolute Gasteiger partial charge is 0.336 e. The van der Waals surface area contributed by atoms with Gasteiger partial charge in [-0.3, -0.25) is 13.9 Å². The molecule has 0 fully saturated rings. The molecule has 0 saturated carbocycles. The second kappa shape index (κ2) is 8.21. The van der Waals surface area contributed by atoms with E-state index in [1.54, 1.807) is 26.1 Å². The molecular weight excluding hydrogens is 406 g/mol. The summed E-state index contributed by atoms with van der Waals surface area (Å²) in [5, 5.41) is 3.02. The molecule has 0 aliphatic carbocycles. The number of allylic oxidation sites excluding steroid dienone is 1. The van der Waals surface area contributed by atoms with Crippen LogP contribution < -0.4 is 30.8 Å². The zero-order chi connectivity index (χ0) is 23.0. The predicted octanol–water partition coefficient (Wildman–Crippen LogP) is 1.11. The van der Waals surface area contributed by atoms with Crippen LogP contribution in [0.5, 0.6) is 17.2 Å². The maximum Gasteiger partial charge on any atom is 0.336 e. The van der Waals surface area contributed by atoms with Crippen LogP contribution in [-0.2, 0) is 23.6 Å². The first-order chi connectivity index (χ1) is 14.7. The number of anilines is 1. The van der Waals surface area contributed by atoms with Gasteiger partial charge in [-0.1, -0.05) is 0 Å². The highest BCUT2D eigenvalue weighted by atomic mass is 16.5. The first-order valence-electron chi connectivity index (χ1n) is 9.37. The molecule has 10 nitrogen and oxygen atoms in total. The SMILES string of the molecule is COC(=O)C1=C(C)Nc2c(c(=O)n(C)c(=O)n2C)[C@@H]1c1cc(OC)c(OC)c(OC)c1. The van der Waals surface area contributed by atoms with Crippen molar-refractivity contribution in [2.24, 2.45) is 14.1 Å². The van der Waals surface area contributed by atoms with Crippen LogP contribution in [0.4, 0.5) is 5.82 Å². The van der Waals surface area contributed by atoms with Gasteiger partial charge in [0.05, 0.1) is 45.5 Å². The van der Waals surface area contributed by atoms with E-state index in [4.69, 9.17) is 18.9 Å². The highest BCUT2D eigenvalue weighted by molar-refractivity contribution is 5.94. The lowest BCUT2D eigenvalue weighted by Crippen LogP contribution is -2.43. The number of benzene rings is 1. The van der Waals surface area contributed by atoms with Gasteiger partial charge < -0.3 is 24.3 Å². The Morgan fingerprint density at radius 3 is 2.03 bits per heavy atom. The van der Waals surface area contributed by atoms with Crippen LogP contribution in [0, 0.1) is 0 Å². The third-order valence-corrected chi connectivity index (χ3v) is 5.41. The zero-order valence-corrected chi connectivity index (χ0v) is 18.5. The average Bonchev–Trinajstić information content (AvgIpc) is 2.78. The molecule has 0 radical (unpaired) electrons. The molecule has 31 heavy (non-hydrogen) atoms. The maximum absolute atomic E-state index is 13.2. The van der Waals surface area contributed by atoms with Crippen molar-refractivity contribution in [2.75, 3.05) is 33.8 Å². The normalized spacial score (nSPS) is 15.1. The monoisotopic (exact) mass is 431 g/mol. The molecule has 0 saturated heterocycles. The Bertz CT molecular complexity index is 1180. The lowest BCUT2D eigenvalue weighted by atomic mass is 9.82. The van der Waals surface area contributed by atoms with Crippen LogP contribution in [0.1, 0.15) is 24.0 Å². The summed E-state index contributed by atoms with van der Waals surface area (Å²) in [4.78, 5) is 38.5. The quantitative estimate of drug-likeness (QED) is 0.702. The second-order valence-corrected chi connectivity index (χ2v) is 7.01. The van der Waals surface area contributed by atoms with Crippen molar-refractivity contribution in [2.45, 2.75) is 12.8 Å². The molecule has 0 spiro atoms. The van der Waals surface area contributed by atoms with E-state index in [2.05, 4.69) is 5.32 Å². The molecule has 0 unspecified atom stereocenters. The van der Waals surface area contributed by atoms with Crippen LogP contribution in [0.3, 0.4) is 0 Å². The van der Waals surface area contributed by atoms with Crippen molar-refractivity contribution >= 4 is 11.8 Å². The van der Waals surface area contributed by atoms with Crippen molar-refractivity contribution in [3.8, 4) is 17.2 Å². The molecule has 1 N–H and O–H groups in total. The van der Waals surface area contributed by atoms with Crippen LogP contribution in [0.25, 0.3) is 0 Å². The van der Waals surface area contributed by atoms with Crippen molar-refractivity contribution in [1.82, 2.24) is 9.13 Å². The summed E-state index contributed by atoms with van der Waals surface area (Å²) in [6, 6.07) is 3.34. The van der Waals surface area contributed by atoms with Gasteiger partial charge in [0.15, 0.2) is 11.5 Å². The van der Waals surface area contributed by atoms with Gasteiger partial charge in [-0.15, -0.1) is 0 Å². The highest BCUT2D eigenvalue weighted by Crippen LogP contribution is 2.45. The van der Waals surface area contributed by atoms with Gasteiger partial charge in [-0.25, -0.2) is 9.59 Å². The van der Waals surface area contributed by atoms with Gasteiger partial charge in [-0.05, 0) is 24.6 Å². The lowest BCUT2D eigenvalue weighted by molar-refractivity contribution is -0.136. The standard InChI is InChI=1S/C21H25N3O7/c1-10-14(20(26)31-7)15(11-8-12(28-4)17(30-6)13(9-11)29-5)16-18(22-10)23(2)21(27)24(3)19(16)25/h8-9,15,22H,1-7H3/t15-/m1/s1. The van der Waals surface area contributed by atoms with E-state index in [0.717, 1.165) is 4.57 Å². The summed E-state index contributed by atoms with van der Waals surface area (Å²) in [7, 11) is 8.64. The molecule has 0 amide bonds. The van der Waals surface area contributed by atoms with Crippen LogP contribution in [0.15, 0.2) is 33.0 Å². The van der Waals surface area contributed by atoms with Gasteiger partial charge in [0.1, 0.15) is 5.82 Å². The summed E-state index contributed by atoms with van der Waals surface area (Å²) in [5.74, 6) is -0.0531. The number of carbonyl (C=O) groups is 1. The van der Waals surface area contributed by atoms with E-state index in [1.807, 2.05) is 0 Å². The molecule has 1 aliphatic rings. The largest absolute Gasteiger partial charge is 0.493 e. The first-order valence-corrected chi connectivity index (χ1v) is 9.37. The zero-order valence-electron chi connectivity index (χ0n) is 18.5. The summed E-state index contributed by atoms with van der Waals surface area (Å²) in [5.41, 5.74) is 0.437. The van der Waals surface area contributed by atoms with E-state index < -0.39 is 23.1 Å². The number of rotatable bonds is 5. The lowest BCUT2D eigenvalue weighted by Gasteiger charge is -2.31. The second-order valence-electron chi connectivity index (χ2n) is 7.01. The third-order valence-electron chi connectivity index (χ3n) is 5.41. The topological polar surface area (TPSA) is 110 Å². The minimum Gasteiger partial charge on any atom is -0.493 e. The number of hydrogen-bond acceptors (Lipinski definition) is 8. The molecule has 0 bridgehead atoms. The fourth-order valence-corrected chi connectivity index (χ4v) is 3.87. The number of esters is 1. The maximum atomic E-state index is 13.2. The molecule has 2 aromatic rings. The molecule has 1 aromatic heterocycles. The Hall–Kier alpha value is -3.69. The van der Waals surface area contributed by atoms with Crippen molar-refractivity contribution < 1.29 is 23.7 Å². The van der Waals surface area contributed by atoms with E-state index in [1.165, 1.54) is 40.1 Å². The van der Waals surface area contributed by atoms with Crippen LogP contribution in [0.2, 0.25) is 0 Å². The number of carbonyl (C=O) groups excluding carboxylic acids is 1. The number of aromatic nitrogens is 2. The molecule has 10 heteroatoms. The Morgan fingerprint density at radius 2 is 1.55 bits per heavy atom. The molecule has 1 aromatic carbocycles. The molecular formula is C21H25N3O7. The molecule has 2 heterocycles. The molecule has 166 valence electrons. The fraction of sp³-hybridized carbons (Fsp3) is 0.381. The van der Waals surface area contributed by atoms with Gasteiger partial charge in [0.25, 0.3) is 5.56 Å². The number of ether oxygens (including phenoxy) is 4. The Balaban J connectivity index is 2.46. The molecule has 1 aliphatic heterocycles. The number of nitrogens with zero attached hydrogens (tertiary/aromatic N) is 2. The number of fused-ring (bicyclic) bond motifs is 1. The van der Waals surface area contributed by atoms with E-state index in [-0.39, 0.29) is 11.1 Å². The number of hydrogen-bond donors (Lipinski definition) is 1. The number of nitrogens with one attached hydrogen (secondary N) is 1. The predicted molar refractivity (Wildman–Crippen MR) is 113 cm³/mol. The molecule has 3 rings (SSSR count).